The third-order valence-corrected chi connectivity index (χ3v) is 16.9. The van der Waals surface area contributed by atoms with Crippen LogP contribution in [0.15, 0.2) is 71.3 Å². The summed E-state index contributed by atoms with van der Waals surface area (Å²) in [6.07, 6.45) is 2.85. The number of hydrogen-bond donors (Lipinski definition) is 3. The van der Waals surface area contributed by atoms with Gasteiger partial charge in [0, 0.05) is 6.42 Å². The first-order valence-electron chi connectivity index (χ1n) is 19.6. The predicted molar refractivity (Wildman–Crippen MR) is 216 cm³/mol. The molecule has 14 nitrogen and oxygen atoms in total. The van der Waals surface area contributed by atoms with E-state index in [4.69, 9.17) is 18.3 Å². The maximum Gasteiger partial charge on any atom is 0.342 e. The van der Waals surface area contributed by atoms with Gasteiger partial charge >= 0.3 is 18.0 Å². The Bertz CT molecular complexity index is 1960. The number of rotatable bonds is 12. The minimum Gasteiger partial charge on any atom is -0.465 e. The standard InChI is InChI=1S/C42H56N6O8Si/c1-26(2)57(27(3)4,28(5)6)55-25-31-19-20-35-36(40(50)53-7)37(41(51)54-8)38(56-35)39(49)43-32(21-29-15-11-9-12-16-29)23-48-24-34(46-47-48)33(45-42(52)44-31)22-30-17-13-10-14-18-30/h9-18,24,26-28,31-33H,19-23,25H2,1-8H3,(H,43,49)(H2,44,45,52)/t31-,32?,33?/m1/s1. The maximum atomic E-state index is 14.2. The molecule has 306 valence electrons. The van der Waals surface area contributed by atoms with E-state index in [9.17, 15) is 19.2 Å². The number of ether oxygens (including phenoxy) is 2. The van der Waals surface area contributed by atoms with Crippen LogP contribution in [0.3, 0.4) is 0 Å². The molecule has 57 heavy (non-hydrogen) atoms. The van der Waals surface area contributed by atoms with Gasteiger partial charge in [0.15, 0.2) is 8.32 Å². The van der Waals surface area contributed by atoms with Crippen molar-refractivity contribution in [1.82, 2.24) is 30.9 Å². The molecule has 0 fully saturated rings. The lowest BCUT2D eigenvalue weighted by atomic mass is 10.0. The molecular formula is C42H56N6O8Si. The fraction of sp³-hybridized carbons (Fsp3) is 0.476. The number of fused-ring (bicyclic) bond motifs is 4. The molecule has 2 aromatic heterocycles. The quantitative estimate of drug-likeness (QED) is 0.105. The number of urea groups is 1. The molecule has 0 saturated carbocycles. The second kappa shape index (κ2) is 19.2. The van der Waals surface area contributed by atoms with E-state index in [0.717, 1.165) is 18.2 Å². The Hall–Kier alpha value is -5.28. The normalized spacial score (nSPS) is 18.1. The van der Waals surface area contributed by atoms with Crippen LogP contribution in [0.1, 0.15) is 108 Å². The van der Waals surface area contributed by atoms with E-state index >= 15 is 0 Å². The Kier molecular flexibility index (Phi) is 14.5. The van der Waals surface area contributed by atoms with Crippen LogP contribution in [-0.4, -0.2) is 80.1 Å². The van der Waals surface area contributed by atoms with Crippen LogP contribution in [0.4, 0.5) is 4.79 Å². The number of aryl methyl sites for hydroxylation is 1. The minimum atomic E-state index is -2.39. The number of nitrogens with zero attached hydrogens (tertiary/aromatic N) is 3. The van der Waals surface area contributed by atoms with Crippen molar-refractivity contribution < 1.29 is 37.5 Å². The zero-order chi connectivity index (χ0) is 41.3. The Labute approximate surface area is 335 Å². The highest BCUT2D eigenvalue weighted by molar-refractivity contribution is 6.77. The van der Waals surface area contributed by atoms with E-state index < -0.39 is 50.3 Å². The molecule has 3 amide bonds. The maximum absolute atomic E-state index is 14.2. The number of benzene rings is 2. The molecular weight excluding hydrogens is 745 g/mol. The predicted octanol–water partition coefficient (Wildman–Crippen LogP) is 6.58. The minimum absolute atomic E-state index is 0.0453. The van der Waals surface area contributed by atoms with Crippen LogP contribution < -0.4 is 16.0 Å². The van der Waals surface area contributed by atoms with Gasteiger partial charge in [0.2, 0.25) is 5.76 Å². The number of hydrogen-bond acceptors (Lipinski definition) is 10. The molecule has 0 aliphatic carbocycles. The fourth-order valence-corrected chi connectivity index (χ4v) is 13.7. The van der Waals surface area contributed by atoms with Crippen LogP contribution in [0.2, 0.25) is 16.6 Å². The summed E-state index contributed by atoms with van der Waals surface area (Å²) in [5.74, 6) is -2.87. The number of carbonyl (C=O) groups is 4. The average molecular weight is 801 g/mol. The van der Waals surface area contributed by atoms with Gasteiger partial charge in [-0.25, -0.2) is 14.4 Å². The lowest BCUT2D eigenvalue weighted by Gasteiger charge is -2.43. The Morgan fingerprint density at radius 3 is 1.96 bits per heavy atom. The molecule has 0 spiro atoms. The van der Waals surface area contributed by atoms with Gasteiger partial charge in [0.25, 0.3) is 5.91 Å². The molecule has 0 saturated heterocycles. The van der Waals surface area contributed by atoms with Crippen molar-refractivity contribution in [1.29, 1.82) is 0 Å². The van der Waals surface area contributed by atoms with Crippen LogP contribution in [-0.2, 0) is 39.7 Å². The number of carbonyl (C=O) groups excluding carboxylic acids is 4. The summed E-state index contributed by atoms with van der Waals surface area (Å²) in [5, 5.41) is 18.2. The lowest BCUT2D eigenvalue weighted by Crippen LogP contribution is -2.52. The second-order valence-electron chi connectivity index (χ2n) is 15.5. The molecule has 5 rings (SSSR count). The number of nitrogens with one attached hydrogen (secondary N) is 3. The van der Waals surface area contributed by atoms with E-state index in [1.807, 2.05) is 60.7 Å². The Morgan fingerprint density at radius 2 is 1.39 bits per heavy atom. The third-order valence-electron chi connectivity index (χ3n) is 10.8. The molecule has 4 aromatic rings. The van der Waals surface area contributed by atoms with Crippen LogP contribution in [0.5, 0.6) is 0 Å². The summed E-state index contributed by atoms with van der Waals surface area (Å²) in [6, 6.07) is 17.2. The summed E-state index contributed by atoms with van der Waals surface area (Å²) in [5.41, 5.74) is 2.76. The van der Waals surface area contributed by atoms with Crippen LogP contribution in [0, 0.1) is 0 Å². The average Bonchev–Trinajstić information content (AvgIpc) is 3.81. The van der Waals surface area contributed by atoms with E-state index in [1.54, 1.807) is 10.9 Å². The first-order valence-corrected chi connectivity index (χ1v) is 21.7. The van der Waals surface area contributed by atoms with Crippen molar-refractivity contribution in [2.75, 3.05) is 20.8 Å². The molecule has 15 heteroatoms. The highest BCUT2D eigenvalue weighted by Gasteiger charge is 2.45. The molecule has 3 heterocycles. The molecule has 1 aliphatic rings. The van der Waals surface area contributed by atoms with E-state index in [2.05, 4.69) is 67.8 Å². The Balaban J connectivity index is 1.61. The molecule has 0 radical (unpaired) electrons. The molecule has 4 bridgehead atoms. The summed E-state index contributed by atoms with van der Waals surface area (Å²) in [4.78, 5) is 55.0. The van der Waals surface area contributed by atoms with Gasteiger partial charge in [-0.15, -0.1) is 5.10 Å². The Morgan fingerprint density at radius 1 is 0.807 bits per heavy atom. The van der Waals surface area contributed by atoms with Crippen molar-refractivity contribution in [3.8, 4) is 0 Å². The molecule has 1 aliphatic heterocycles. The van der Waals surface area contributed by atoms with Crippen molar-refractivity contribution in [2.24, 2.45) is 0 Å². The van der Waals surface area contributed by atoms with Crippen molar-refractivity contribution >= 4 is 32.2 Å². The number of methoxy groups -OCH3 is 2. The summed E-state index contributed by atoms with van der Waals surface area (Å²) in [7, 11) is -0.0517. The molecule has 2 unspecified atom stereocenters. The highest BCUT2D eigenvalue weighted by Crippen LogP contribution is 2.42. The fourth-order valence-electron chi connectivity index (χ4n) is 8.24. The van der Waals surface area contributed by atoms with Gasteiger partial charge in [0.05, 0.1) is 51.7 Å². The zero-order valence-corrected chi connectivity index (χ0v) is 35.2. The summed E-state index contributed by atoms with van der Waals surface area (Å²) >= 11 is 0. The van der Waals surface area contributed by atoms with Gasteiger partial charge in [-0.3, -0.25) is 9.48 Å². The van der Waals surface area contributed by atoms with Gasteiger partial charge in [-0.05, 0) is 47.0 Å². The highest BCUT2D eigenvalue weighted by atomic mass is 28.4. The van der Waals surface area contributed by atoms with Crippen molar-refractivity contribution in [3.05, 3.63) is 106 Å². The molecule has 3 atom stereocenters. The van der Waals surface area contributed by atoms with Crippen molar-refractivity contribution in [2.45, 2.75) is 109 Å². The van der Waals surface area contributed by atoms with Crippen LogP contribution in [0.25, 0.3) is 0 Å². The smallest absolute Gasteiger partial charge is 0.342 e. The zero-order valence-electron chi connectivity index (χ0n) is 34.2. The first-order chi connectivity index (χ1) is 27.3. The number of furan rings is 1. The SMILES string of the molecule is COC(=O)c1c2oc(c1C(=O)OC)C(=O)NC(Cc1ccccc1)Cn1cc(nn1)C(Cc1ccccc1)NC(=O)N[C@@H](CO[Si](C(C)C)(C(C)C)C(C)C)CC2. The second-order valence-corrected chi connectivity index (χ2v) is 21.0. The summed E-state index contributed by atoms with van der Waals surface area (Å²) in [6.45, 7) is 13.5. The van der Waals surface area contributed by atoms with Gasteiger partial charge in [0.1, 0.15) is 22.6 Å². The largest absolute Gasteiger partial charge is 0.465 e. The number of amides is 3. The van der Waals surface area contributed by atoms with Gasteiger partial charge < -0.3 is 34.3 Å². The van der Waals surface area contributed by atoms with Gasteiger partial charge in [-0.1, -0.05) is 107 Å². The molecule has 2 aromatic carbocycles. The number of esters is 2. The third kappa shape index (κ3) is 10.2. The van der Waals surface area contributed by atoms with E-state index in [1.165, 1.54) is 7.11 Å². The molecule has 3 N–H and O–H groups in total. The topological polar surface area (TPSA) is 176 Å². The number of aromatic nitrogens is 3. The lowest BCUT2D eigenvalue weighted by molar-refractivity contribution is 0.0554. The van der Waals surface area contributed by atoms with Gasteiger partial charge in [-0.2, -0.15) is 0 Å². The first kappa shape index (κ1) is 42.9. The summed E-state index contributed by atoms with van der Waals surface area (Å²) < 4.78 is 24.9. The van der Waals surface area contributed by atoms with Crippen LogP contribution >= 0.6 is 0 Å². The van der Waals surface area contributed by atoms with E-state index in [0.29, 0.717) is 18.5 Å². The van der Waals surface area contributed by atoms with E-state index in [-0.39, 0.29) is 65.3 Å². The van der Waals surface area contributed by atoms with Crippen molar-refractivity contribution in [3.63, 3.8) is 0 Å². The monoisotopic (exact) mass is 800 g/mol.